The topological polar surface area (TPSA) is 89.5 Å². The quantitative estimate of drug-likeness (QED) is 0.780. The molecule has 0 heterocycles. The number of carbonyl (C=O) groups is 2. The zero-order valence-electron chi connectivity index (χ0n) is 11.7. The van der Waals surface area contributed by atoms with Crippen molar-refractivity contribution < 1.29 is 22.7 Å². The van der Waals surface area contributed by atoms with Crippen LogP contribution in [0.1, 0.15) is 28.8 Å². The maximum absolute atomic E-state index is 11.7. The molecule has 1 aromatic carbocycles. The monoisotopic (exact) mass is 311 g/mol. The van der Waals surface area contributed by atoms with E-state index in [-0.39, 0.29) is 29.9 Å². The first-order chi connectivity index (χ1) is 9.83. The lowest BCUT2D eigenvalue weighted by molar-refractivity contribution is -0.124. The summed E-state index contributed by atoms with van der Waals surface area (Å²) < 4.78 is 27.2. The number of hydrogen-bond donors (Lipinski definition) is 1. The first-order valence-corrected chi connectivity index (χ1v) is 8.63. The van der Waals surface area contributed by atoms with Crippen molar-refractivity contribution in [1.29, 1.82) is 0 Å². The van der Waals surface area contributed by atoms with Gasteiger partial charge in [0.15, 0.2) is 16.4 Å². The molecule has 0 saturated heterocycles. The summed E-state index contributed by atoms with van der Waals surface area (Å²) in [5.41, 5.74) is 0.881. The number of sulfone groups is 1. The van der Waals surface area contributed by atoms with Crippen molar-refractivity contribution in [3.8, 4) is 0 Å². The molecular formula is C14H17NO5S. The molecule has 1 fully saturated rings. The first-order valence-electron chi connectivity index (χ1n) is 6.56. The number of rotatable bonds is 6. The van der Waals surface area contributed by atoms with Crippen LogP contribution in [0.2, 0.25) is 0 Å². The number of ether oxygens (including phenoxy) is 1. The third-order valence-electron chi connectivity index (χ3n) is 2.90. The van der Waals surface area contributed by atoms with Gasteiger partial charge in [-0.3, -0.25) is 4.79 Å². The molecule has 1 aliphatic carbocycles. The van der Waals surface area contributed by atoms with Gasteiger partial charge in [-0.15, -0.1) is 0 Å². The van der Waals surface area contributed by atoms with Gasteiger partial charge in [-0.1, -0.05) is 12.1 Å². The van der Waals surface area contributed by atoms with E-state index in [1.54, 1.807) is 12.1 Å². The number of nitrogens with one attached hydrogen (secondary N) is 1. The van der Waals surface area contributed by atoms with E-state index in [1.165, 1.54) is 12.1 Å². The van der Waals surface area contributed by atoms with Crippen LogP contribution in [0.15, 0.2) is 24.3 Å². The Hall–Kier alpha value is -1.89. The average Bonchev–Trinajstić information content (AvgIpc) is 3.19. The van der Waals surface area contributed by atoms with Crippen molar-refractivity contribution in [2.45, 2.75) is 24.6 Å². The molecule has 21 heavy (non-hydrogen) atoms. The molecule has 1 aromatic rings. The summed E-state index contributed by atoms with van der Waals surface area (Å²) in [5, 5.41) is 2.71. The molecule has 0 bridgehead atoms. The van der Waals surface area contributed by atoms with Crippen molar-refractivity contribution in [3.63, 3.8) is 0 Å². The van der Waals surface area contributed by atoms with Gasteiger partial charge in [0.25, 0.3) is 5.91 Å². The number of amides is 1. The fourth-order valence-corrected chi connectivity index (χ4v) is 2.55. The van der Waals surface area contributed by atoms with Gasteiger partial charge in [-0.25, -0.2) is 13.2 Å². The van der Waals surface area contributed by atoms with E-state index in [0.29, 0.717) is 5.56 Å². The zero-order valence-corrected chi connectivity index (χ0v) is 12.5. The van der Waals surface area contributed by atoms with E-state index in [0.717, 1.165) is 19.1 Å². The van der Waals surface area contributed by atoms with E-state index in [2.05, 4.69) is 5.32 Å². The highest BCUT2D eigenvalue weighted by atomic mass is 32.2. The van der Waals surface area contributed by atoms with E-state index in [9.17, 15) is 18.0 Å². The van der Waals surface area contributed by atoms with Gasteiger partial charge in [0.2, 0.25) is 0 Å². The van der Waals surface area contributed by atoms with Crippen LogP contribution in [0.3, 0.4) is 0 Å². The summed E-state index contributed by atoms with van der Waals surface area (Å²) in [4.78, 5) is 23.1. The lowest BCUT2D eigenvalue weighted by Gasteiger charge is -2.06. The van der Waals surface area contributed by atoms with Gasteiger partial charge in [0.05, 0.1) is 11.3 Å². The third-order valence-corrected chi connectivity index (χ3v) is 3.75. The Bertz CT molecular complexity index is 632. The van der Waals surface area contributed by atoms with Crippen LogP contribution in [0.5, 0.6) is 0 Å². The molecule has 0 unspecified atom stereocenters. The lowest BCUT2D eigenvalue weighted by Crippen LogP contribution is -2.30. The van der Waals surface area contributed by atoms with Gasteiger partial charge in [0, 0.05) is 12.3 Å². The molecule has 0 spiro atoms. The van der Waals surface area contributed by atoms with E-state index in [4.69, 9.17) is 4.74 Å². The molecule has 114 valence electrons. The van der Waals surface area contributed by atoms with Gasteiger partial charge < -0.3 is 10.1 Å². The minimum atomic E-state index is -3.11. The highest BCUT2D eigenvalue weighted by Gasteiger charge is 2.23. The maximum Gasteiger partial charge on any atom is 0.338 e. The molecule has 0 aliphatic heterocycles. The Morgan fingerprint density at radius 1 is 1.24 bits per heavy atom. The summed E-state index contributed by atoms with van der Waals surface area (Å²) in [6.07, 6.45) is 3.09. The molecule has 0 aromatic heterocycles. The Kier molecular flexibility index (Phi) is 4.62. The van der Waals surface area contributed by atoms with Crippen LogP contribution in [0, 0.1) is 0 Å². The van der Waals surface area contributed by atoms with Crippen molar-refractivity contribution in [2.75, 3.05) is 12.9 Å². The number of hydrogen-bond acceptors (Lipinski definition) is 5. The number of benzene rings is 1. The minimum absolute atomic E-state index is 0.0773. The van der Waals surface area contributed by atoms with E-state index in [1.807, 2.05) is 0 Å². The van der Waals surface area contributed by atoms with Crippen molar-refractivity contribution >= 4 is 21.7 Å². The molecule has 2 rings (SSSR count). The standard InChI is InChI=1S/C14H17NO5S/c1-21(18,19)9-10-2-4-11(5-3-10)14(17)20-8-13(16)15-12-6-7-12/h2-5,12H,6-9H2,1H3,(H,15,16). The van der Waals surface area contributed by atoms with Gasteiger partial charge >= 0.3 is 5.97 Å². The molecule has 1 aliphatic rings. The molecule has 6 nitrogen and oxygen atoms in total. The summed E-state index contributed by atoms with van der Waals surface area (Å²) in [5.74, 6) is -0.988. The predicted molar refractivity (Wildman–Crippen MR) is 76.4 cm³/mol. The summed E-state index contributed by atoms with van der Waals surface area (Å²) in [7, 11) is -3.11. The SMILES string of the molecule is CS(=O)(=O)Cc1ccc(C(=O)OCC(=O)NC2CC2)cc1. The Morgan fingerprint density at radius 2 is 1.86 bits per heavy atom. The molecule has 1 saturated carbocycles. The number of carbonyl (C=O) groups excluding carboxylic acids is 2. The van der Waals surface area contributed by atoms with Crippen molar-refractivity contribution in [3.05, 3.63) is 35.4 Å². The largest absolute Gasteiger partial charge is 0.452 e. The van der Waals surface area contributed by atoms with Crippen LogP contribution in [-0.4, -0.2) is 39.2 Å². The smallest absolute Gasteiger partial charge is 0.338 e. The summed E-state index contributed by atoms with van der Waals surface area (Å²) in [6.45, 7) is -0.305. The Balaban J connectivity index is 1.85. The van der Waals surface area contributed by atoms with E-state index >= 15 is 0 Å². The maximum atomic E-state index is 11.7. The normalized spacial score (nSPS) is 14.5. The van der Waals surface area contributed by atoms with Gasteiger partial charge in [0.1, 0.15) is 0 Å². The van der Waals surface area contributed by atoms with Gasteiger partial charge in [-0.05, 0) is 30.5 Å². The Morgan fingerprint density at radius 3 is 2.38 bits per heavy atom. The Labute approximate surface area is 123 Å². The highest BCUT2D eigenvalue weighted by molar-refractivity contribution is 7.89. The first kappa shape index (κ1) is 15.5. The second-order valence-electron chi connectivity index (χ2n) is 5.18. The summed E-state index contributed by atoms with van der Waals surface area (Å²) >= 11 is 0. The molecular weight excluding hydrogens is 294 g/mol. The van der Waals surface area contributed by atoms with Crippen LogP contribution >= 0.6 is 0 Å². The molecule has 1 amide bonds. The van der Waals surface area contributed by atoms with Crippen molar-refractivity contribution in [1.82, 2.24) is 5.32 Å². The fourth-order valence-electron chi connectivity index (χ4n) is 1.75. The van der Waals surface area contributed by atoms with Gasteiger partial charge in [-0.2, -0.15) is 0 Å². The molecule has 0 radical (unpaired) electrons. The minimum Gasteiger partial charge on any atom is -0.452 e. The molecule has 1 N–H and O–H groups in total. The van der Waals surface area contributed by atoms with E-state index < -0.39 is 15.8 Å². The van der Waals surface area contributed by atoms with Crippen LogP contribution in [0.4, 0.5) is 0 Å². The number of esters is 1. The van der Waals surface area contributed by atoms with Crippen LogP contribution in [-0.2, 0) is 25.1 Å². The lowest BCUT2D eigenvalue weighted by atomic mass is 10.1. The summed E-state index contributed by atoms with van der Waals surface area (Å²) in [6, 6.07) is 6.32. The molecule has 7 heteroatoms. The van der Waals surface area contributed by atoms with Crippen LogP contribution in [0.25, 0.3) is 0 Å². The average molecular weight is 311 g/mol. The zero-order chi connectivity index (χ0) is 15.5. The highest BCUT2D eigenvalue weighted by Crippen LogP contribution is 2.18. The van der Waals surface area contributed by atoms with Crippen LogP contribution < -0.4 is 5.32 Å². The fraction of sp³-hybridized carbons (Fsp3) is 0.429. The second-order valence-corrected chi connectivity index (χ2v) is 7.33. The predicted octanol–water partition coefficient (Wildman–Crippen LogP) is 0.667. The molecule has 0 atom stereocenters. The third kappa shape index (κ3) is 5.55. The second kappa shape index (κ2) is 6.26. The van der Waals surface area contributed by atoms with Crippen molar-refractivity contribution in [2.24, 2.45) is 0 Å².